The average Bonchev–Trinajstić information content (AvgIpc) is 2.73. The zero-order chi connectivity index (χ0) is 14.7. The van der Waals surface area contributed by atoms with E-state index in [2.05, 4.69) is 6.08 Å². The van der Waals surface area contributed by atoms with E-state index in [4.69, 9.17) is 4.74 Å². The molecule has 4 rings (SSSR count). The van der Waals surface area contributed by atoms with Gasteiger partial charge in [0.05, 0.1) is 13.2 Å². The SMILES string of the molecule is COC1=C(O)C=C2C(=O)N(C)C3C=c4ccccc4=C1C23. The van der Waals surface area contributed by atoms with E-state index in [-0.39, 0.29) is 23.6 Å². The van der Waals surface area contributed by atoms with Gasteiger partial charge in [-0.05, 0) is 16.5 Å². The van der Waals surface area contributed by atoms with Crippen molar-refractivity contribution in [2.24, 2.45) is 5.92 Å². The molecule has 4 nitrogen and oxygen atoms in total. The number of amides is 1. The molecule has 1 heterocycles. The highest BCUT2D eigenvalue weighted by molar-refractivity contribution is 6.03. The predicted molar refractivity (Wildman–Crippen MR) is 78.4 cm³/mol. The molecule has 4 heteroatoms. The standard InChI is InChI=1S/C17H15NO3/c1-18-12-7-9-5-3-4-6-10(9)15-14(12)11(17(18)20)8-13(19)16(15)21-2/h3-8,12,14,19H,1-2H3. The number of carbonyl (C=O) groups excluding carboxylic acids is 1. The van der Waals surface area contributed by atoms with Crippen LogP contribution in [0, 0.1) is 5.92 Å². The summed E-state index contributed by atoms with van der Waals surface area (Å²) in [6.07, 6.45) is 3.67. The van der Waals surface area contributed by atoms with Crippen LogP contribution < -0.4 is 10.4 Å². The van der Waals surface area contributed by atoms with Crippen LogP contribution in [0.25, 0.3) is 11.6 Å². The Morgan fingerprint density at radius 2 is 2.05 bits per heavy atom. The third-order valence-electron chi connectivity index (χ3n) is 4.58. The summed E-state index contributed by atoms with van der Waals surface area (Å²) in [5.74, 6) is 0.395. The lowest BCUT2D eigenvalue weighted by Gasteiger charge is -2.29. The van der Waals surface area contributed by atoms with Crippen molar-refractivity contribution >= 4 is 17.6 Å². The largest absolute Gasteiger partial charge is 0.504 e. The van der Waals surface area contributed by atoms with Crippen LogP contribution in [0.2, 0.25) is 0 Å². The van der Waals surface area contributed by atoms with Gasteiger partial charge in [-0.15, -0.1) is 0 Å². The number of likely N-dealkylation sites (N-methyl/N-ethyl adjacent to an activating group) is 1. The molecule has 0 saturated carbocycles. The fourth-order valence-corrected chi connectivity index (χ4v) is 3.63. The summed E-state index contributed by atoms with van der Waals surface area (Å²) in [6, 6.07) is 7.95. The molecular weight excluding hydrogens is 266 g/mol. The molecule has 1 aliphatic heterocycles. The Labute approximate surface area is 121 Å². The maximum absolute atomic E-state index is 12.4. The van der Waals surface area contributed by atoms with Gasteiger partial charge in [0, 0.05) is 24.1 Å². The van der Waals surface area contributed by atoms with Crippen molar-refractivity contribution in [3.05, 3.63) is 57.9 Å². The second-order valence-corrected chi connectivity index (χ2v) is 5.57. The zero-order valence-corrected chi connectivity index (χ0v) is 11.8. The molecule has 1 fully saturated rings. The molecule has 1 saturated heterocycles. The van der Waals surface area contributed by atoms with E-state index < -0.39 is 0 Å². The number of fused-ring (bicyclic) bond motifs is 1. The summed E-state index contributed by atoms with van der Waals surface area (Å²) >= 11 is 0. The van der Waals surface area contributed by atoms with Gasteiger partial charge in [-0.1, -0.05) is 30.3 Å². The predicted octanol–water partition coefficient (Wildman–Crippen LogP) is 0.444. The lowest BCUT2D eigenvalue weighted by atomic mass is 9.78. The van der Waals surface area contributed by atoms with Gasteiger partial charge in [0.1, 0.15) is 0 Å². The summed E-state index contributed by atoms with van der Waals surface area (Å²) in [7, 11) is 3.35. The molecule has 21 heavy (non-hydrogen) atoms. The monoisotopic (exact) mass is 281 g/mol. The van der Waals surface area contributed by atoms with Gasteiger partial charge in [0.15, 0.2) is 11.5 Å². The molecule has 2 atom stereocenters. The molecule has 0 bridgehead atoms. The lowest BCUT2D eigenvalue weighted by molar-refractivity contribution is -0.124. The highest BCUT2D eigenvalue weighted by atomic mass is 16.5. The van der Waals surface area contributed by atoms with E-state index in [1.807, 2.05) is 24.3 Å². The van der Waals surface area contributed by atoms with Gasteiger partial charge < -0.3 is 14.7 Å². The van der Waals surface area contributed by atoms with Gasteiger partial charge in [0.25, 0.3) is 5.91 Å². The van der Waals surface area contributed by atoms with Crippen molar-refractivity contribution in [1.82, 2.24) is 4.90 Å². The summed E-state index contributed by atoms with van der Waals surface area (Å²) < 4.78 is 5.43. The normalized spacial score (nSPS) is 26.2. The third-order valence-corrected chi connectivity index (χ3v) is 4.58. The van der Waals surface area contributed by atoms with Crippen molar-refractivity contribution in [2.75, 3.05) is 14.2 Å². The zero-order valence-electron chi connectivity index (χ0n) is 11.8. The van der Waals surface area contributed by atoms with Crippen LogP contribution in [-0.2, 0) is 9.53 Å². The molecule has 1 aromatic rings. The molecular formula is C17H15NO3. The van der Waals surface area contributed by atoms with E-state index in [1.54, 1.807) is 25.1 Å². The van der Waals surface area contributed by atoms with Gasteiger partial charge in [-0.2, -0.15) is 0 Å². The maximum Gasteiger partial charge on any atom is 0.250 e. The quantitative estimate of drug-likeness (QED) is 0.813. The third kappa shape index (κ3) is 1.42. The van der Waals surface area contributed by atoms with Crippen LogP contribution in [0.1, 0.15) is 0 Å². The minimum absolute atomic E-state index is 0.0214. The first kappa shape index (κ1) is 12.3. The Balaban J connectivity index is 2.16. The molecule has 3 aliphatic rings. The number of nitrogens with zero attached hydrogens (tertiary/aromatic N) is 1. The van der Waals surface area contributed by atoms with Crippen molar-refractivity contribution in [3.63, 3.8) is 0 Å². The fraction of sp³-hybridized carbons (Fsp3) is 0.235. The summed E-state index contributed by atoms with van der Waals surface area (Å²) in [6.45, 7) is 0. The van der Waals surface area contributed by atoms with Gasteiger partial charge >= 0.3 is 0 Å². The molecule has 1 amide bonds. The molecule has 106 valence electrons. The smallest absolute Gasteiger partial charge is 0.250 e. The Hall–Kier alpha value is -2.49. The molecule has 0 aromatic heterocycles. The first-order valence-electron chi connectivity index (χ1n) is 6.91. The summed E-state index contributed by atoms with van der Waals surface area (Å²) in [5, 5.41) is 12.3. The number of aliphatic hydroxyl groups is 1. The summed E-state index contributed by atoms with van der Waals surface area (Å²) in [5.41, 5.74) is 1.55. The van der Waals surface area contributed by atoms with E-state index in [0.29, 0.717) is 11.3 Å². The van der Waals surface area contributed by atoms with Gasteiger partial charge in [-0.3, -0.25) is 4.79 Å². The topological polar surface area (TPSA) is 49.8 Å². The lowest BCUT2D eigenvalue weighted by Crippen LogP contribution is -2.42. The van der Waals surface area contributed by atoms with Crippen LogP contribution in [0.4, 0.5) is 0 Å². The number of hydrogen-bond acceptors (Lipinski definition) is 3. The van der Waals surface area contributed by atoms with Crippen molar-refractivity contribution in [2.45, 2.75) is 6.04 Å². The van der Waals surface area contributed by atoms with Crippen LogP contribution in [-0.4, -0.2) is 36.1 Å². The first-order chi connectivity index (χ1) is 10.1. The minimum Gasteiger partial charge on any atom is -0.504 e. The molecule has 2 unspecified atom stereocenters. The number of ether oxygens (including phenoxy) is 1. The molecule has 0 spiro atoms. The van der Waals surface area contributed by atoms with E-state index in [1.165, 1.54) is 0 Å². The van der Waals surface area contributed by atoms with Crippen LogP contribution in [0.5, 0.6) is 0 Å². The maximum atomic E-state index is 12.4. The summed E-state index contributed by atoms with van der Waals surface area (Å²) in [4.78, 5) is 14.2. The number of likely N-dealkylation sites (tertiary alicyclic amines) is 1. The average molecular weight is 281 g/mol. The second kappa shape index (κ2) is 4.01. The van der Waals surface area contributed by atoms with E-state index >= 15 is 0 Å². The number of benzene rings is 1. The van der Waals surface area contributed by atoms with Crippen molar-refractivity contribution < 1.29 is 14.6 Å². The molecule has 1 N–H and O–H groups in total. The highest BCUT2D eigenvalue weighted by Gasteiger charge is 2.47. The minimum atomic E-state index is -0.0664. The number of rotatable bonds is 1. The Morgan fingerprint density at radius 1 is 1.29 bits per heavy atom. The Bertz CT molecular complexity index is 847. The fourth-order valence-electron chi connectivity index (χ4n) is 3.63. The Kier molecular flexibility index (Phi) is 2.34. The number of aliphatic hydroxyl groups excluding tert-OH is 1. The second-order valence-electron chi connectivity index (χ2n) is 5.57. The molecule has 1 aromatic carbocycles. The Morgan fingerprint density at radius 3 is 2.81 bits per heavy atom. The van der Waals surface area contributed by atoms with Gasteiger partial charge in [-0.25, -0.2) is 0 Å². The van der Waals surface area contributed by atoms with Crippen molar-refractivity contribution in [3.8, 4) is 0 Å². The number of carbonyl (C=O) groups is 1. The van der Waals surface area contributed by atoms with Gasteiger partial charge in [0.2, 0.25) is 0 Å². The number of allylic oxidation sites excluding steroid dienone is 2. The van der Waals surface area contributed by atoms with Crippen LogP contribution >= 0.6 is 0 Å². The first-order valence-corrected chi connectivity index (χ1v) is 6.91. The van der Waals surface area contributed by atoms with E-state index in [0.717, 1.165) is 16.0 Å². The number of hydrogen-bond donors (Lipinski definition) is 1. The van der Waals surface area contributed by atoms with Crippen LogP contribution in [0.3, 0.4) is 0 Å². The van der Waals surface area contributed by atoms with Crippen molar-refractivity contribution in [1.29, 1.82) is 0 Å². The van der Waals surface area contributed by atoms with E-state index in [9.17, 15) is 9.90 Å². The molecule has 2 aliphatic carbocycles. The van der Waals surface area contributed by atoms with Crippen LogP contribution in [0.15, 0.2) is 47.4 Å². The molecule has 0 radical (unpaired) electrons. The highest BCUT2D eigenvalue weighted by Crippen LogP contribution is 2.44. The number of methoxy groups -OCH3 is 1.